The number of rotatable bonds is 6. The fourth-order valence-electron chi connectivity index (χ4n) is 1.97. The van der Waals surface area contributed by atoms with Gasteiger partial charge in [0.2, 0.25) is 0 Å². The van der Waals surface area contributed by atoms with E-state index in [0.29, 0.717) is 23.2 Å². The van der Waals surface area contributed by atoms with Gasteiger partial charge in [-0.1, -0.05) is 20.3 Å². The highest BCUT2D eigenvalue weighted by molar-refractivity contribution is 5.98. The van der Waals surface area contributed by atoms with Crippen LogP contribution < -0.4 is 16.8 Å². The molecule has 1 aromatic rings. The lowest BCUT2D eigenvalue weighted by molar-refractivity contribution is 0.100. The van der Waals surface area contributed by atoms with E-state index in [2.05, 4.69) is 26.1 Å². The molecule has 0 fully saturated rings. The molecule has 1 amide bonds. The summed E-state index contributed by atoms with van der Waals surface area (Å²) in [7, 11) is 0. The molecule has 0 heterocycles. The van der Waals surface area contributed by atoms with Gasteiger partial charge in [-0.05, 0) is 37.5 Å². The van der Waals surface area contributed by atoms with Crippen LogP contribution >= 0.6 is 0 Å². The maximum absolute atomic E-state index is 11.2. The van der Waals surface area contributed by atoms with Crippen LogP contribution in [0.5, 0.6) is 0 Å². The van der Waals surface area contributed by atoms with Crippen LogP contribution in [0.2, 0.25) is 0 Å². The standard InChI is InChI=1S/C14H23N3O/c1-4-9(2)7-10(3)17-11-5-6-13(15)12(8-11)14(16)18/h5-6,8-10,17H,4,7,15H2,1-3H3,(H2,16,18). The third-order valence-electron chi connectivity index (χ3n) is 3.18. The van der Waals surface area contributed by atoms with Gasteiger partial charge in [0.1, 0.15) is 0 Å². The zero-order valence-electron chi connectivity index (χ0n) is 11.4. The molecule has 0 saturated heterocycles. The van der Waals surface area contributed by atoms with Gasteiger partial charge in [-0.2, -0.15) is 0 Å². The Labute approximate surface area is 109 Å². The van der Waals surface area contributed by atoms with Crippen LogP contribution in [0.25, 0.3) is 0 Å². The van der Waals surface area contributed by atoms with Gasteiger partial charge in [0.15, 0.2) is 0 Å². The van der Waals surface area contributed by atoms with Crippen LogP contribution in [-0.4, -0.2) is 11.9 Å². The molecule has 0 aliphatic heterocycles. The third kappa shape index (κ3) is 3.95. The largest absolute Gasteiger partial charge is 0.398 e. The first-order valence-electron chi connectivity index (χ1n) is 6.39. The van der Waals surface area contributed by atoms with Gasteiger partial charge < -0.3 is 16.8 Å². The van der Waals surface area contributed by atoms with Crippen molar-refractivity contribution in [2.45, 2.75) is 39.7 Å². The first-order valence-corrected chi connectivity index (χ1v) is 6.39. The molecule has 0 bridgehead atoms. The highest BCUT2D eigenvalue weighted by atomic mass is 16.1. The monoisotopic (exact) mass is 249 g/mol. The molecule has 100 valence electrons. The fraction of sp³-hybridized carbons (Fsp3) is 0.500. The molecule has 1 rings (SSSR count). The van der Waals surface area contributed by atoms with Gasteiger partial charge in [0.05, 0.1) is 5.56 Å². The van der Waals surface area contributed by atoms with E-state index in [4.69, 9.17) is 11.5 Å². The molecule has 5 N–H and O–H groups in total. The summed E-state index contributed by atoms with van der Waals surface area (Å²) < 4.78 is 0. The normalized spacial score (nSPS) is 13.9. The van der Waals surface area contributed by atoms with Crippen LogP contribution in [-0.2, 0) is 0 Å². The van der Waals surface area contributed by atoms with Gasteiger partial charge in [0.25, 0.3) is 5.91 Å². The summed E-state index contributed by atoms with van der Waals surface area (Å²) in [6.07, 6.45) is 2.26. The number of carbonyl (C=O) groups excluding carboxylic acids is 1. The lowest BCUT2D eigenvalue weighted by Crippen LogP contribution is -2.19. The van der Waals surface area contributed by atoms with Crippen molar-refractivity contribution in [2.24, 2.45) is 11.7 Å². The summed E-state index contributed by atoms with van der Waals surface area (Å²) in [5.41, 5.74) is 12.6. The first kappa shape index (κ1) is 14.4. The van der Waals surface area contributed by atoms with Crippen molar-refractivity contribution < 1.29 is 4.79 Å². The summed E-state index contributed by atoms with van der Waals surface area (Å²) in [5.74, 6) is 0.183. The summed E-state index contributed by atoms with van der Waals surface area (Å²) >= 11 is 0. The van der Waals surface area contributed by atoms with Gasteiger partial charge in [-0.15, -0.1) is 0 Å². The molecule has 0 aliphatic carbocycles. The van der Waals surface area contributed by atoms with Gasteiger partial charge in [-0.25, -0.2) is 0 Å². The molecule has 18 heavy (non-hydrogen) atoms. The molecule has 2 unspecified atom stereocenters. The van der Waals surface area contributed by atoms with Crippen molar-refractivity contribution >= 4 is 17.3 Å². The molecule has 4 nitrogen and oxygen atoms in total. The second kappa shape index (κ2) is 6.28. The Morgan fingerprint density at radius 3 is 2.61 bits per heavy atom. The van der Waals surface area contributed by atoms with Crippen molar-refractivity contribution in [1.29, 1.82) is 0 Å². The molecule has 2 atom stereocenters. The van der Waals surface area contributed by atoms with Crippen molar-refractivity contribution in [1.82, 2.24) is 0 Å². The van der Waals surface area contributed by atoms with E-state index < -0.39 is 5.91 Å². The van der Waals surface area contributed by atoms with Crippen LogP contribution in [0.1, 0.15) is 44.0 Å². The van der Waals surface area contributed by atoms with E-state index in [-0.39, 0.29) is 0 Å². The average molecular weight is 249 g/mol. The third-order valence-corrected chi connectivity index (χ3v) is 3.18. The highest BCUT2D eigenvalue weighted by Gasteiger charge is 2.10. The molecular weight excluding hydrogens is 226 g/mol. The first-order chi connectivity index (χ1) is 8.43. The fourth-order valence-corrected chi connectivity index (χ4v) is 1.97. The molecule has 0 saturated carbocycles. The zero-order chi connectivity index (χ0) is 13.7. The molecule has 0 aromatic heterocycles. The summed E-state index contributed by atoms with van der Waals surface area (Å²) in [6, 6.07) is 5.64. The van der Waals surface area contributed by atoms with Gasteiger partial charge in [0, 0.05) is 17.4 Å². The molecular formula is C14H23N3O. The highest BCUT2D eigenvalue weighted by Crippen LogP contribution is 2.20. The van der Waals surface area contributed by atoms with Crippen molar-refractivity contribution in [3.63, 3.8) is 0 Å². The van der Waals surface area contributed by atoms with Crippen molar-refractivity contribution in [3.8, 4) is 0 Å². The molecule has 1 aromatic carbocycles. The van der Waals surface area contributed by atoms with E-state index in [0.717, 1.165) is 12.1 Å². The zero-order valence-corrected chi connectivity index (χ0v) is 11.4. The Morgan fingerprint density at radius 2 is 2.06 bits per heavy atom. The maximum atomic E-state index is 11.2. The van der Waals surface area contributed by atoms with Crippen molar-refractivity contribution in [2.75, 3.05) is 11.1 Å². The maximum Gasteiger partial charge on any atom is 0.250 e. The minimum absolute atomic E-state index is 0.351. The number of carbonyl (C=O) groups is 1. The number of amides is 1. The van der Waals surface area contributed by atoms with Gasteiger partial charge in [-0.3, -0.25) is 4.79 Å². The lowest BCUT2D eigenvalue weighted by Gasteiger charge is -2.19. The van der Waals surface area contributed by atoms with E-state index >= 15 is 0 Å². The second-order valence-electron chi connectivity index (χ2n) is 4.96. The Morgan fingerprint density at radius 1 is 1.39 bits per heavy atom. The number of hydrogen-bond acceptors (Lipinski definition) is 3. The average Bonchev–Trinajstić information content (AvgIpc) is 2.31. The number of primary amides is 1. The van der Waals surface area contributed by atoms with Crippen LogP contribution in [0.15, 0.2) is 18.2 Å². The molecule has 0 radical (unpaired) electrons. The van der Waals surface area contributed by atoms with Crippen LogP contribution in [0.3, 0.4) is 0 Å². The summed E-state index contributed by atoms with van der Waals surface area (Å²) in [5, 5.41) is 3.37. The van der Waals surface area contributed by atoms with E-state index in [1.165, 1.54) is 6.42 Å². The number of nitrogens with two attached hydrogens (primary N) is 2. The Bertz CT molecular complexity index is 418. The quantitative estimate of drug-likeness (QED) is 0.678. The number of nitrogen functional groups attached to an aromatic ring is 1. The number of hydrogen-bond donors (Lipinski definition) is 3. The Hall–Kier alpha value is -1.71. The minimum atomic E-state index is -0.495. The smallest absolute Gasteiger partial charge is 0.250 e. The minimum Gasteiger partial charge on any atom is -0.398 e. The number of nitrogens with one attached hydrogen (secondary N) is 1. The lowest BCUT2D eigenvalue weighted by atomic mass is 10.00. The second-order valence-corrected chi connectivity index (χ2v) is 4.96. The number of benzene rings is 1. The molecule has 0 aliphatic rings. The molecule has 0 spiro atoms. The summed E-state index contributed by atoms with van der Waals surface area (Å²) in [4.78, 5) is 11.2. The topological polar surface area (TPSA) is 81.1 Å². The van der Waals surface area contributed by atoms with Crippen LogP contribution in [0, 0.1) is 5.92 Å². The Balaban J connectivity index is 2.73. The van der Waals surface area contributed by atoms with Gasteiger partial charge >= 0.3 is 0 Å². The van der Waals surface area contributed by atoms with E-state index in [9.17, 15) is 4.79 Å². The predicted molar refractivity (Wildman–Crippen MR) is 76.5 cm³/mol. The number of anilines is 2. The Kier molecular flexibility index (Phi) is 5.01. The van der Waals surface area contributed by atoms with Crippen molar-refractivity contribution in [3.05, 3.63) is 23.8 Å². The SMILES string of the molecule is CCC(C)CC(C)Nc1ccc(N)c(C(N)=O)c1. The molecule has 4 heteroatoms. The summed E-state index contributed by atoms with van der Waals surface area (Å²) in [6.45, 7) is 6.55. The van der Waals surface area contributed by atoms with Crippen LogP contribution in [0.4, 0.5) is 11.4 Å². The predicted octanol–water partition coefficient (Wildman–Crippen LogP) is 2.60. The van der Waals surface area contributed by atoms with E-state index in [1.54, 1.807) is 12.1 Å². The van der Waals surface area contributed by atoms with E-state index in [1.807, 2.05) is 6.07 Å².